The van der Waals surface area contributed by atoms with Crippen molar-refractivity contribution in [1.29, 1.82) is 0 Å². The Morgan fingerprint density at radius 2 is 2.40 bits per heavy atom. The van der Waals surface area contributed by atoms with Crippen LogP contribution < -0.4 is 0 Å². The molecule has 0 bridgehead atoms. The molecule has 0 spiro atoms. The molecule has 2 atom stereocenters. The van der Waals surface area contributed by atoms with Crippen molar-refractivity contribution in [3.8, 4) is 0 Å². The molecule has 1 rings (SSSR count). The van der Waals surface area contributed by atoms with Crippen LogP contribution in [0.4, 0.5) is 0 Å². The first-order chi connectivity index (χ1) is 7.03. The van der Waals surface area contributed by atoms with Crippen molar-refractivity contribution in [2.24, 2.45) is 0 Å². The number of carbonyl (C=O) groups is 1. The van der Waals surface area contributed by atoms with Crippen molar-refractivity contribution < 1.29 is 19.8 Å². The Hall–Kier alpha value is -0.910. The van der Waals surface area contributed by atoms with Crippen molar-refractivity contribution in [3.05, 3.63) is 12.7 Å². The summed E-state index contributed by atoms with van der Waals surface area (Å²) in [7, 11) is 0. The van der Waals surface area contributed by atoms with Gasteiger partial charge in [-0.15, -0.1) is 6.58 Å². The van der Waals surface area contributed by atoms with Crippen LogP contribution in [0.15, 0.2) is 12.7 Å². The summed E-state index contributed by atoms with van der Waals surface area (Å²) in [6.45, 7) is 7.43. The predicted molar refractivity (Wildman–Crippen MR) is 55.3 cm³/mol. The highest BCUT2D eigenvalue weighted by Gasteiger charge is 2.46. The van der Waals surface area contributed by atoms with Gasteiger partial charge in [0.25, 0.3) is 0 Å². The van der Waals surface area contributed by atoms with E-state index in [0.29, 0.717) is 13.0 Å². The third-order valence-electron chi connectivity index (χ3n) is 2.94. The maximum atomic E-state index is 10.7. The van der Waals surface area contributed by atoms with E-state index in [0.717, 1.165) is 13.1 Å². The average Bonchev–Trinajstić information content (AvgIpc) is 2.43. The maximum Gasteiger partial charge on any atom is 0.362 e. The standard InChI is InChI=1S/C10H18N2O3/c1-3-5-9-11(4-2)6-7-12(9,15)8-10(13)14/h3,9,15H,1,4-8H2,2H3/p+1. The molecule has 1 aliphatic rings. The molecule has 0 aromatic carbocycles. The normalized spacial score (nSPS) is 31.7. The zero-order chi connectivity index (χ0) is 11.5. The summed E-state index contributed by atoms with van der Waals surface area (Å²) in [5.41, 5.74) is 0. The van der Waals surface area contributed by atoms with E-state index in [4.69, 9.17) is 5.11 Å². The molecular formula is C10H19N2O3+. The molecule has 0 saturated carbocycles. The summed E-state index contributed by atoms with van der Waals surface area (Å²) >= 11 is 0. The molecule has 2 unspecified atom stereocenters. The highest BCUT2D eigenvalue weighted by atomic mass is 16.6. The number of carboxylic acids is 1. The van der Waals surface area contributed by atoms with Gasteiger partial charge in [0.1, 0.15) is 6.54 Å². The minimum absolute atomic E-state index is 0.163. The number of nitrogens with zero attached hydrogens (tertiary/aromatic N) is 2. The van der Waals surface area contributed by atoms with E-state index in [1.165, 1.54) is 0 Å². The molecule has 5 heteroatoms. The van der Waals surface area contributed by atoms with Crippen LogP contribution in [0.2, 0.25) is 0 Å². The quantitative estimate of drug-likeness (QED) is 0.518. The molecule has 15 heavy (non-hydrogen) atoms. The second-order valence-corrected chi connectivity index (χ2v) is 3.90. The van der Waals surface area contributed by atoms with Gasteiger partial charge >= 0.3 is 5.97 Å². The third-order valence-corrected chi connectivity index (χ3v) is 2.94. The fraction of sp³-hybridized carbons (Fsp3) is 0.700. The Labute approximate surface area is 89.8 Å². The second kappa shape index (κ2) is 4.74. The molecule has 2 N–H and O–H groups in total. The van der Waals surface area contributed by atoms with Crippen molar-refractivity contribution in [3.63, 3.8) is 0 Å². The second-order valence-electron chi connectivity index (χ2n) is 3.90. The Balaban J connectivity index is 2.78. The molecule has 0 amide bonds. The molecule has 0 radical (unpaired) electrons. The van der Waals surface area contributed by atoms with Crippen LogP contribution in [-0.4, -0.2) is 58.2 Å². The molecule has 86 valence electrons. The van der Waals surface area contributed by atoms with Crippen LogP contribution in [0.1, 0.15) is 13.3 Å². The van der Waals surface area contributed by atoms with Gasteiger partial charge in [-0.05, 0) is 0 Å². The summed E-state index contributed by atoms with van der Waals surface area (Å²) in [6.07, 6.45) is 2.17. The number of aliphatic carboxylic acids is 1. The predicted octanol–water partition coefficient (Wildman–Crippen LogP) is 0.515. The van der Waals surface area contributed by atoms with Crippen LogP contribution >= 0.6 is 0 Å². The molecule has 5 nitrogen and oxygen atoms in total. The number of quaternary nitrogens is 1. The summed E-state index contributed by atoms with van der Waals surface area (Å²) in [5.74, 6) is -0.968. The van der Waals surface area contributed by atoms with Gasteiger partial charge in [-0.2, -0.15) is 4.65 Å². The zero-order valence-corrected chi connectivity index (χ0v) is 9.09. The van der Waals surface area contributed by atoms with E-state index in [-0.39, 0.29) is 12.7 Å². The van der Waals surface area contributed by atoms with Gasteiger partial charge in [0.2, 0.25) is 6.54 Å². The van der Waals surface area contributed by atoms with Crippen molar-refractivity contribution >= 4 is 5.97 Å². The molecule has 1 saturated heterocycles. The number of hydrogen-bond acceptors (Lipinski definition) is 3. The number of carboxylic acid groups (broad SMARTS) is 1. The van der Waals surface area contributed by atoms with Gasteiger partial charge in [0.15, 0.2) is 6.17 Å². The van der Waals surface area contributed by atoms with E-state index in [2.05, 4.69) is 11.5 Å². The summed E-state index contributed by atoms with van der Waals surface area (Å²) in [6, 6.07) is 0. The lowest BCUT2D eigenvalue weighted by Gasteiger charge is -2.32. The van der Waals surface area contributed by atoms with E-state index in [1.54, 1.807) is 6.08 Å². The van der Waals surface area contributed by atoms with E-state index in [1.807, 2.05) is 6.92 Å². The van der Waals surface area contributed by atoms with Gasteiger partial charge in [-0.25, -0.2) is 14.9 Å². The van der Waals surface area contributed by atoms with Crippen molar-refractivity contribution in [2.75, 3.05) is 26.2 Å². The minimum Gasteiger partial charge on any atom is -0.477 e. The lowest BCUT2D eigenvalue weighted by Crippen LogP contribution is -2.54. The first kappa shape index (κ1) is 12.2. The highest BCUT2D eigenvalue weighted by Crippen LogP contribution is 2.24. The Morgan fingerprint density at radius 1 is 1.73 bits per heavy atom. The molecule has 1 heterocycles. The number of likely N-dealkylation sites (N-methyl/N-ethyl adjacent to an activating group) is 1. The maximum absolute atomic E-state index is 10.7. The van der Waals surface area contributed by atoms with E-state index < -0.39 is 10.6 Å². The van der Waals surface area contributed by atoms with E-state index in [9.17, 15) is 10.0 Å². The van der Waals surface area contributed by atoms with Gasteiger partial charge in [0.05, 0.1) is 6.54 Å². The van der Waals surface area contributed by atoms with Crippen LogP contribution in [0.3, 0.4) is 0 Å². The van der Waals surface area contributed by atoms with E-state index >= 15 is 0 Å². The monoisotopic (exact) mass is 215 g/mol. The molecule has 0 aliphatic carbocycles. The molecule has 1 aliphatic heterocycles. The minimum atomic E-state index is -0.968. The van der Waals surface area contributed by atoms with Gasteiger partial charge < -0.3 is 5.11 Å². The zero-order valence-electron chi connectivity index (χ0n) is 9.09. The molecule has 0 aromatic rings. The lowest BCUT2D eigenvalue weighted by atomic mass is 10.3. The smallest absolute Gasteiger partial charge is 0.362 e. The summed E-state index contributed by atoms with van der Waals surface area (Å²) in [4.78, 5) is 12.8. The SMILES string of the molecule is C=CCC1N(CC)CC[N+]1(O)CC(=O)O. The third kappa shape index (κ3) is 2.56. The fourth-order valence-corrected chi connectivity index (χ4v) is 2.19. The Bertz CT molecular complexity index is 257. The van der Waals surface area contributed by atoms with Gasteiger partial charge in [-0.1, -0.05) is 13.0 Å². The first-order valence-electron chi connectivity index (χ1n) is 5.19. The molecule has 0 aromatic heterocycles. The first-order valence-corrected chi connectivity index (χ1v) is 5.19. The van der Waals surface area contributed by atoms with Crippen LogP contribution in [0.25, 0.3) is 0 Å². The van der Waals surface area contributed by atoms with Gasteiger partial charge in [0, 0.05) is 13.0 Å². The van der Waals surface area contributed by atoms with Crippen molar-refractivity contribution in [2.45, 2.75) is 19.5 Å². The average molecular weight is 215 g/mol. The van der Waals surface area contributed by atoms with Crippen LogP contribution in [0.5, 0.6) is 0 Å². The number of hydrogen-bond donors (Lipinski definition) is 2. The largest absolute Gasteiger partial charge is 0.477 e. The summed E-state index contributed by atoms with van der Waals surface area (Å²) < 4.78 is -0.394. The number of hydroxylamine groups is 3. The van der Waals surface area contributed by atoms with Gasteiger partial charge in [-0.3, -0.25) is 0 Å². The Morgan fingerprint density at radius 3 is 2.87 bits per heavy atom. The van der Waals surface area contributed by atoms with Crippen molar-refractivity contribution in [1.82, 2.24) is 4.90 Å². The van der Waals surface area contributed by atoms with Crippen LogP contribution in [0, 0.1) is 0 Å². The molecule has 1 fully saturated rings. The van der Waals surface area contributed by atoms with Crippen LogP contribution in [-0.2, 0) is 4.79 Å². The Kier molecular flexibility index (Phi) is 3.84. The summed E-state index contributed by atoms with van der Waals surface area (Å²) in [5, 5.41) is 19.0. The lowest BCUT2D eigenvalue weighted by molar-refractivity contribution is -1.11. The topological polar surface area (TPSA) is 60.8 Å². The highest BCUT2D eigenvalue weighted by molar-refractivity contribution is 5.67. The fourth-order valence-electron chi connectivity index (χ4n) is 2.19. The molecular weight excluding hydrogens is 196 g/mol. The number of rotatable bonds is 5.